The smallest absolute Gasteiger partial charge is 0.310 e. The standard InChI is InChI=1S/C28H33F3N2O2S2/c1-19(15-20-9-4-2-3-5-10-20)33-18-22-11-6-7-14-24(22)25-17-26(36-27(25)37(32,34)35)21-12-8-13-23(16-21)28(29,30)31/h6-8,11-14,16-17,19-20,33H,2-5,9-10,15,18H2,1H3,(H2,32,34,35)/t19-/m0/s1. The van der Waals surface area contributed by atoms with E-state index in [9.17, 15) is 21.6 Å². The van der Waals surface area contributed by atoms with Crippen LogP contribution in [-0.2, 0) is 22.7 Å². The zero-order valence-electron chi connectivity index (χ0n) is 20.9. The number of nitrogens with two attached hydrogens (primary N) is 1. The molecule has 1 heterocycles. The summed E-state index contributed by atoms with van der Waals surface area (Å²) in [5.41, 5.74) is 1.53. The van der Waals surface area contributed by atoms with E-state index in [-0.39, 0.29) is 4.21 Å². The lowest BCUT2D eigenvalue weighted by atomic mass is 9.93. The molecule has 0 unspecified atom stereocenters. The maximum Gasteiger partial charge on any atom is 0.416 e. The van der Waals surface area contributed by atoms with E-state index in [2.05, 4.69) is 12.2 Å². The highest BCUT2D eigenvalue weighted by Crippen LogP contribution is 2.42. The van der Waals surface area contributed by atoms with Crippen LogP contribution in [0.15, 0.2) is 58.8 Å². The topological polar surface area (TPSA) is 72.2 Å². The maximum atomic E-state index is 13.3. The van der Waals surface area contributed by atoms with Crippen LogP contribution in [0.3, 0.4) is 0 Å². The monoisotopic (exact) mass is 550 g/mol. The van der Waals surface area contributed by atoms with Gasteiger partial charge in [0.05, 0.1) is 5.56 Å². The molecule has 2 aromatic carbocycles. The molecular weight excluding hydrogens is 517 g/mol. The van der Waals surface area contributed by atoms with Crippen LogP contribution in [0.4, 0.5) is 13.2 Å². The van der Waals surface area contributed by atoms with Crippen molar-refractivity contribution in [3.63, 3.8) is 0 Å². The fourth-order valence-electron chi connectivity index (χ4n) is 5.17. The zero-order chi connectivity index (χ0) is 26.6. The minimum atomic E-state index is -4.50. The molecule has 1 saturated carbocycles. The molecule has 0 radical (unpaired) electrons. The number of hydrogen-bond acceptors (Lipinski definition) is 4. The van der Waals surface area contributed by atoms with E-state index in [1.807, 2.05) is 24.3 Å². The highest BCUT2D eigenvalue weighted by Gasteiger charge is 2.31. The van der Waals surface area contributed by atoms with Crippen LogP contribution < -0.4 is 10.5 Å². The minimum absolute atomic E-state index is 0.0566. The summed E-state index contributed by atoms with van der Waals surface area (Å²) < 4.78 is 64.8. The van der Waals surface area contributed by atoms with E-state index in [0.29, 0.717) is 34.2 Å². The third-order valence-corrected chi connectivity index (χ3v) is 9.70. The molecule has 1 atom stereocenters. The van der Waals surface area contributed by atoms with Gasteiger partial charge in [-0.2, -0.15) is 13.2 Å². The highest BCUT2D eigenvalue weighted by atomic mass is 32.2. The maximum absolute atomic E-state index is 13.3. The van der Waals surface area contributed by atoms with Crippen molar-refractivity contribution in [3.05, 3.63) is 65.7 Å². The number of thiophene rings is 1. The number of alkyl halides is 3. The van der Waals surface area contributed by atoms with Crippen molar-refractivity contribution in [2.45, 2.75) is 74.8 Å². The molecule has 0 aliphatic heterocycles. The number of hydrogen-bond donors (Lipinski definition) is 2. The van der Waals surface area contributed by atoms with Crippen molar-refractivity contribution in [3.8, 4) is 21.6 Å². The van der Waals surface area contributed by atoms with Crippen LogP contribution in [0.25, 0.3) is 21.6 Å². The number of rotatable bonds is 8. The SMILES string of the molecule is C[C@@H](CC1CCCCCC1)NCc1ccccc1-c1cc(-c2cccc(C(F)(F)F)c2)sc1S(N)(=O)=O. The van der Waals surface area contributed by atoms with Gasteiger partial charge in [-0.05, 0) is 54.2 Å². The van der Waals surface area contributed by atoms with E-state index in [1.54, 1.807) is 12.1 Å². The van der Waals surface area contributed by atoms with Crippen molar-refractivity contribution in [2.24, 2.45) is 11.1 Å². The Morgan fingerprint density at radius 1 is 1.00 bits per heavy atom. The first-order valence-electron chi connectivity index (χ1n) is 12.7. The van der Waals surface area contributed by atoms with Gasteiger partial charge in [-0.15, -0.1) is 11.3 Å². The van der Waals surface area contributed by atoms with Gasteiger partial charge < -0.3 is 5.32 Å². The third kappa shape index (κ3) is 7.22. The molecule has 4 nitrogen and oxygen atoms in total. The fraction of sp³-hybridized carbons (Fsp3) is 0.429. The van der Waals surface area contributed by atoms with Gasteiger partial charge in [0.15, 0.2) is 0 Å². The average Bonchev–Trinajstić information content (AvgIpc) is 3.15. The Kier molecular flexibility index (Phi) is 8.78. The zero-order valence-corrected chi connectivity index (χ0v) is 22.5. The Labute approximate surface area is 221 Å². The third-order valence-electron chi connectivity index (χ3n) is 7.04. The van der Waals surface area contributed by atoms with Crippen LogP contribution in [0, 0.1) is 5.92 Å². The summed E-state index contributed by atoms with van der Waals surface area (Å²) in [5.74, 6) is 0.723. The van der Waals surface area contributed by atoms with E-state index in [1.165, 1.54) is 44.6 Å². The summed E-state index contributed by atoms with van der Waals surface area (Å²) in [7, 11) is -4.10. The average molecular weight is 551 g/mol. The van der Waals surface area contributed by atoms with Crippen molar-refractivity contribution in [1.82, 2.24) is 5.32 Å². The second kappa shape index (κ2) is 11.7. The number of sulfonamides is 1. The van der Waals surface area contributed by atoms with Gasteiger partial charge in [-0.3, -0.25) is 0 Å². The molecule has 3 N–H and O–H groups in total. The van der Waals surface area contributed by atoms with Gasteiger partial charge in [0.2, 0.25) is 10.0 Å². The lowest BCUT2D eigenvalue weighted by Crippen LogP contribution is -2.28. The fourth-order valence-corrected chi connectivity index (χ4v) is 7.28. The van der Waals surface area contributed by atoms with Crippen molar-refractivity contribution in [1.29, 1.82) is 0 Å². The molecule has 200 valence electrons. The lowest BCUT2D eigenvalue weighted by Gasteiger charge is -2.21. The van der Waals surface area contributed by atoms with Crippen molar-refractivity contribution >= 4 is 21.4 Å². The molecule has 3 aromatic rings. The van der Waals surface area contributed by atoms with Crippen molar-refractivity contribution < 1.29 is 21.6 Å². The van der Waals surface area contributed by atoms with Gasteiger partial charge in [0.25, 0.3) is 0 Å². The molecule has 0 bridgehead atoms. The Hall–Kier alpha value is -2.20. The largest absolute Gasteiger partial charge is 0.416 e. The molecular formula is C28H33F3N2O2S2. The van der Waals surface area contributed by atoms with Gasteiger partial charge in [0.1, 0.15) is 4.21 Å². The Morgan fingerprint density at radius 3 is 2.38 bits per heavy atom. The number of halogens is 3. The highest BCUT2D eigenvalue weighted by molar-refractivity contribution is 7.91. The minimum Gasteiger partial charge on any atom is -0.310 e. The second-order valence-corrected chi connectivity index (χ2v) is 12.8. The Balaban J connectivity index is 1.62. The number of primary sulfonamides is 1. The van der Waals surface area contributed by atoms with Gasteiger partial charge in [-0.1, -0.05) is 74.9 Å². The van der Waals surface area contributed by atoms with Crippen LogP contribution in [0.2, 0.25) is 0 Å². The van der Waals surface area contributed by atoms with E-state index in [4.69, 9.17) is 5.14 Å². The molecule has 1 aliphatic carbocycles. The van der Waals surface area contributed by atoms with Crippen LogP contribution in [0.5, 0.6) is 0 Å². The summed E-state index contributed by atoms with van der Waals surface area (Å²) >= 11 is 0.891. The molecule has 0 spiro atoms. The molecule has 1 aromatic heterocycles. The molecule has 0 amide bonds. The van der Waals surface area contributed by atoms with Gasteiger partial charge in [-0.25, -0.2) is 13.6 Å². The first-order chi connectivity index (χ1) is 17.5. The number of benzene rings is 2. The summed E-state index contributed by atoms with van der Waals surface area (Å²) in [6.07, 6.45) is 4.38. The normalized spacial score (nSPS) is 16.5. The van der Waals surface area contributed by atoms with E-state index in [0.717, 1.165) is 41.4 Å². The number of nitrogens with one attached hydrogen (secondary N) is 1. The molecule has 4 rings (SSSR count). The second-order valence-electron chi connectivity index (χ2n) is 9.97. The summed E-state index contributed by atoms with van der Waals surface area (Å²) in [6.45, 7) is 2.72. The van der Waals surface area contributed by atoms with Crippen LogP contribution in [-0.4, -0.2) is 14.5 Å². The summed E-state index contributed by atoms with van der Waals surface area (Å²) in [5, 5.41) is 9.16. The van der Waals surface area contributed by atoms with Crippen LogP contribution >= 0.6 is 11.3 Å². The first-order valence-corrected chi connectivity index (χ1v) is 15.0. The van der Waals surface area contributed by atoms with E-state index < -0.39 is 21.8 Å². The molecule has 37 heavy (non-hydrogen) atoms. The van der Waals surface area contributed by atoms with Crippen molar-refractivity contribution in [2.75, 3.05) is 0 Å². The summed E-state index contributed by atoms with van der Waals surface area (Å²) in [4.78, 5) is 0.412. The molecule has 9 heteroatoms. The predicted octanol–water partition coefficient (Wildman–Crippen LogP) is 7.59. The van der Waals surface area contributed by atoms with E-state index >= 15 is 0 Å². The Morgan fingerprint density at radius 2 is 1.70 bits per heavy atom. The molecule has 0 saturated heterocycles. The lowest BCUT2D eigenvalue weighted by molar-refractivity contribution is -0.137. The first kappa shape index (κ1) is 27.8. The molecule has 1 fully saturated rings. The quantitative estimate of drug-likeness (QED) is 0.284. The predicted molar refractivity (Wildman–Crippen MR) is 144 cm³/mol. The van der Waals surface area contributed by atoms with Crippen LogP contribution in [0.1, 0.15) is 63.0 Å². The Bertz CT molecular complexity index is 1310. The van der Waals surface area contributed by atoms with Gasteiger partial charge in [0, 0.05) is 23.0 Å². The van der Waals surface area contributed by atoms with Gasteiger partial charge >= 0.3 is 6.18 Å². The molecule has 1 aliphatic rings. The summed E-state index contributed by atoms with van der Waals surface area (Å²) in [6, 6.07) is 14.3.